The summed E-state index contributed by atoms with van der Waals surface area (Å²) in [7, 11) is 0. The van der Waals surface area contributed by atoms with Gasteiger partial charge in [0, 0.05) is 23.5 Å². The summed E-state index contributed by atoms with van der Waals surface area (Å²) in [5.41, 5.74) is 6.58. The molecular weight excluding hydrogens is 400 g/mol. The Labute approximate surface area is 188 Å². The molecule has 2 heterocycles. The second kappa shape index (κ2) is 9.77. The number of hydrogen-bond acceptors (Lipinski definition) is 4. The van der Waals surface area contributed by atoms with Gasteiger partial charge in [-0.25, -0.2) is 9.89 Å². The first kappa shape index (κ1) is 21.7. The van der Waals surface area contributed by atoms with Crippen LogP contribution in [-0.2, 0) is 19.5 Å². The van der Waals surface area contributed by atoms with Crippen LogP contribution in [0.15, 0.2) is 53.3 Å². The summed E-state index contributed by atoms with van der Waals surface area (Å²) >= 11 is 0. The van der Waals surface area contributed by atoms with Gasteiger partial charge in [-0.15, -0.1) is 5.10 Å². The Hall–Kier alpha value is -3.48. The lowest BCUT2D eigenvalue weighted by Crippen LogP contribution is -2.26. The van der Waals surface area contributed by atoms with E-state index in [4.69, 9.17) is 0 Å². The second-order valence-corrected chi connectivity index (χ2v) is 8.15. The number of nitrogens with zero attached hydrogens (tertiary/aromatic N) is 5. The van der Waals surface area contributed by atoms with E-state index < -0.39 is 0 Å². The van der Waals surface area contributed by atoms with E-state index in [9.17, 15) is 4.79 Å². The molecule has 0 saturated carbocycles. The summed E-state index contributed by atoms with van der Waals surface area (Å²) in [4.78, 5) is 13.1. The van der Waals surface area contributed by atoms with E-state index in [2.05, 4.69) is 71.7 Å². The Bertz CT molecular complexity index is 1220. The fourth-order valence-electron chi connectivity index (χ4n) is 4.25. The molecule has 0 spiro atoms. The number of unbranched alkanes of at least 4 members (excludes halogenated alkanes) is 1. The molecule has 0 unspecified atom stereocenters. The van der Waals surface area contributed by atoms with Crippen LogP contribution < -0.4 is 5.69 Å². The highest BCUT2D eigenvalue weighted by atomic mass is 16.1. The maximum Gasteiger partial charge on any atom is 0.328 e. The van der Waals surface area contributed by atoms with Crippen LogP contribution in [0.2, 0.25) is 0 Å². The number of H-pyrrole nitrogens is 1. The third kappa shape index (κ3) is 4.28. The van der Waals surface area contributed by atoms with Crippen LogP contribution in [0, 0.1) is 6.92 Å². The number of benzene rings is 2. The van der Waals surface area contributed by atoms with Gasteiger partial charge >= 0.3 is 5.69 Å². The normalized spacial score (nSPS) is 11.2. The lowest BCUT2D eigenvalue weighted by molar-refractivity contribution is 0.611. The molecule has 0 saturated heterocycles. The van der Waals surface area contributed by atoms with Crippen molar-refractivity contribution in [1.29, 1.82) is 0 Å². The van der Waals surface area contributed by atoms with Gasteiger partial charge in [0.05, 0.1) is 6.54 Å². The summed E-state index contributed by atoms with van der Waals surface area (Å²) in [6, 6.07) is 16.5. The van der Waals surface area contributed by atoms with E-state index in [1.165, 1.54) is 0 Å². The van der Waals surface area contributed by atoms with Gasteiger partial charge in [-0.3, -0.25) is 9.13 Å². The maximum atomic E-state index is 13.1. The molecule has 0 aliphatic carbocycles. The van der Waals surface area contributed by atoms with Gasteiger partial charge in [0.1, 0.15) is 0 Å². The van der Waals surface area contributed by atoms with E-state index in [1.54, 1.807) is 0 Å². The van der Waals surface area contributed by atoms with Crippen molar-refractivity contribution in [1.82, 2.24) is 29.8 Å². The predicted octanol–water partition coefficient (Wildman–Crippen LogP) is 4.61. The van der Waals surface area contributed by atoms with Crippen molar-refractivity contribution in [2.75, 3.05) is 0 Å². The minimum absolute atomic E-state index is 0.0997. The first-order valence-corrected chi connectivity index (χ1v) is 11.3. The molecule has 32 heavy (non-hydrogen) atoms. The maximum absolute atomic E-state index is 13.1. The largest absolute Gasteiger partial charge is 0.328 e. The van der Waals surface area contributed by atoms with Crippen molar-refractivity contribution in [3.8, 4) is 22.5 Å². The standard InChI is InChI=1S/C25H30N6O/c1-4-6-11-23-18(3)30(16-5-2)25(32)31(23)17-19-12-14-20(15-13-19)21-9-7-8-10-22(21)24-26-28-29-27-24/h7-10,12-15H,4-6,11,16-17H2,1-3H3,(H,26,27,28,29). The lowest BCUT2D eigenvalue weighted by atomic mass is 9.98. The summed E-state index contributed by atoms with van der Waals surface area (Å²) in [6.45, 7) is 7.73. The molecule has 166 valence electrons. The van der Waals surface area contributed by atoms with E-state index in [0.29, 0.717) is 12.4 Å². The van der Waals surface area contributed by atoms with Crippen LogP contribution >= 0.6 is 0 Å². The SMILES string of the molecule is CCCCc1c(C)n(CCC)c(=O)n1Cc1ccc(-c2ccccc2-c2nnn[nH]2)cc1. The minimum Gasteiger partial charge on any atom is -0.296 e. The number of nitrogens with one attached hydrogen (secondary N) is 1. The number of imidazole rings is 1. The Morgan fingerprint density at radius 1 is 0.938 bits per heavy atom. The Morgan fingerprint density at radius 2 is 1.69 bits per heavy atom. The van der Waals surface area contributed by atoms with Crippen LogP contribution in [0.4, 0.5) is 0 Å². The summed E-state index contributed by atoms with van der Waals surface area (Å²) in [5.74, 6) is 0.643. The first-order valence-electron chi connectivity index (χ1n) is 11.3. The average molecular weight is 431 g/mol. The van der Waals surface area contributed by atoms with Crippen LogP contribution in [0.5, 0.6) is 0 Å². The third-order valence-corrected chi connectivity index (χ3v) is 5.96. The molecule has 7 heteroatoms. The molecule has 0 atom stereocenters. The van der Waals surface area contributed by atoms with Crippen LogP contribution in [0.1, 0.15) is 50.1 Å². The van der Waals surface area contributed by atoms with Gasteiger partial charge in [0.2, 0.25) is 0 Å². The highest BCUT2D eigenvalue weighted by molar-refractivity contribution is 5.80. The molecule has 7 nitrogen and oxygen atoms in total. The van der Waals surface area contributed by atoms with Crippen LogP contribution in [0.3, 0.4) is 0 Å². The number of tetrazole rings is 1. The van der Waals surface area contributed by atoms with Gasteiger partial charge in [-0.1, -0.05) is 68.8 Å². The second-order valence-electron chi connectivity index (χ2n) is 8.15. The number of rotatable bonds is 9. The number of aromatic amines is 1. The van der Waals surface area contributed by atoms with Gasteiger partial charge < -0.3 is 0 Å². The summed E-state index contributed by atoms with van der Waals surface area (Å²) < 4.78 is 3.89. The predicted molar refractivity (Wildman–Crippen MR) is 126 cm³/mol. The van der Waals surface area contributed by atoms with Crippen molar-refractivity contribution in [3.05, 3.63) is 76.0 Å². The number of hydrogen-bond donors (Lipinski definition) is 1. The zero-order chi connectivity index (χ0) is 22.5. The van der Waals surface area contributed by atoms with Crippen molar-refractivity contribution >= 4 is 0 Å². The van der Waals surface area contributed by atoms with Gasteiger partial charge in [0.25, 0.3) is 0 Å². The van der Waals surface area contributed by atoms with Crippen molar-refractivity contribution in [2.24, 2.45) is 0 Å². The fourth-order valence-corrected chi connectivity index (χ4v) is 4.25. The molecular formula is C25H30N6O. The lowest BCUT2D eigenvalue weighted by Gasteiger charge is -2.10. The summed E-state index contributed by atoms with van der Waals surface area (Å²) in [5, 5.41) is 14.3. The molecule has 2 aromatic carbocycles. The average Bonchev–Trinajstić information content (AvgIpc) is 3.43. The molecule has 2 aromatic heterocycles. The Balaban J connectivity index is 1.65. The zero-order valence-electron chi connectivity index (χ0n) is 19.0. The molecule has 0 amide bonds. The molecule has 0 bridgehead atoms. The highest BCUT2D eigenvalue weighted by Gasteiger charge is 2.16. The van der Waals surface area contributed by atoms with E-state index in [1.807, 2.05) is 27.3 Å². The molecule has 0 radical (unpaired) electrons. The molecule has 1 N–H and O–H groups in total. The van der Waals surface area contributed by atoms with Crippen molar-refractivity contribution in [3.63, 3.8) is 0 Å². The van der Waals surface area contributed by atoms with Crippen molar-refractivity contribution < 1.29 is 0 Å². The van der Waals surface area contributed by atoms with Gasteiger partial charge in [-0.2, -0.15) is 0 Å². The monoisotopic (exact) mass is 430 g/mol. The topological polar surface area (TPSA) is 81.4 Å². The molecule has 0 fully saturated rings. The Kier molecular flexibility index (Phi) is 6.63. The van der Waals surface area contributed by atoms with E-state index in [-0.39, 0.29) is 5.69 Å². The molecule has 4 aromatic rings. The van der Waals surface area contributed by atoms with E-state index in [0.717, 1.165) is 65.9 Å². The molecule has 0 aliphatic rings. The Morgan fingerprint density at radius 3 is 2.34 bits per heavy atom. The first-order chi connectivity index (χ1) is 15.6. The highest BCUT2D eigenvalue weighted by Crippen LogP contribution is 2.29. The van der Waals surface area contributed by atoms with Crippen LogP contribution in [0.25, 0.3) is 22.5 Å². The number of aromatic nitrogens is 6. The third-order valence-electron chi connectivity index (χ3n) is 5.96. The van der Waals surface area contributed by atoms with Gasteiger partial charge in [-0.05, 0) is 53.3 Å². The minimum atomic E-state index is 0.0997. The van der Waals surface area contributed by atoms with Crippen LogP contribution in [-0.4, -0.2) is 29.8 Å². The zero-order valence-corrected chi connectivity index (χ0v) is 19.0. The van der Waals surface area contributed by atoms with E-state index >= 15 is 0 Å². The molecule has 4 rings (SSSR count). The smallest absolute Gasteiger partial charge is 0.296 e. The summed E-state index contributed by atoms with van der Waals surface area (Å²) in [6.07, 6.45) is 4.09. The van der Waals surface area contributed by atoms with Crippen molar-refractivity contribution in [2.45, 2.75) is 59.5 Å². The van der Waals surface area contributed by atoms with Gasteiger partial charge in [0.15, 0.2) is 5.82 Å². The quantitative estimate of drug-likeness (QED) is 0.421. The molecule has 0 aliphatic heterocycles. The fraction of sp³-hybridized carbons (Fsp3) is 0.360.